The second kappa shape index (κ2) is 84.8. The van der Waals surface area contributed by atoms with Gasteiger partial charge in [-0.2, -0.15) is 0 Å². The van der Waals surface area contributed by atoms with E-state index < -0.39 is 0 Å². The van der Waals surface area contributed by atoms with E-state index in [-0.39, 0.29) is 127 Å². The van der Waals surface area contributed by atoms with Crippen LogP contribution in [0.2, 0.25) is 0 Å². The summed E-state index contributed by atoms with van der Waals surface area (Å²) in [7, 11) is 0. The van der Waals surface area contributed by atoms with E-state index >= 15 is 0 Å². The summed E-state index contributed by atoms with van der Waals surface area (Å²) in [4.78, 5) is 0. The maximum absolute atomic E-state index is 0. The predicted molar refractivity (Wildman–Crippen MR) is 14.3 cm³/mol. The molecule has 0 fully saturated rings. The van der Waals surface area contributed by atoms with Crippen LogP contribution in [0.5, 0.6) is 0 Å². The Kier molecular flexibility index (Phi) is 1210. The van der Waals surface area contributed by atoms with Gasteiger partial charge in [0.1, 0.15) is 0 Å². The molecule has 0 saturated heterocycles. The minimum atomic E-state index is 0. The van der Waals surface area contributed by atoms with Crippen LogP contribution in [-0.2, 0) is 39.3 Å². The summed E-state index contributed by atoms with van der Waals surface area (Å²) < 4.78 is 0. The van der Waals surface area contributed by atoms with Crippen LogP contribution in [-0.4, -0.2) is 75.5 Å². The van der Waals surface area contributed by atoms with Crippen LogP contribution in [0.15, 0.2) is 0 Å². The third-order valence-corrected chi connectivity index (χ3v) is 0. The van der Waals surface area contributed by atoms with E-state index in [9.17, 15) is 0 Å². The van der Waals surface area contributed by atoms with Crippen molar-refractivity contribution in [3.63, 3.8) is 0 Å². The zero-order valence-corrected chi connectivity index (χ0v) is 10.3. The molecule has 0 aliphatic rings. The summed E-state index contributed by atoms with van der Waals surface area (Å²) in [6.45, 7) is 0. The van der Waals surface area contributed by atoms with Crippen molar-refractivity contribution in [3.05, 3.63) is 0 Å². The van der Waals surface area contributed by atoms with Crippen molar-refractivity contribution in [3.8, 4) is 0 Å². The van der Waals surface area contributed by atoms with Crippen molar-refractivity contribution >= 4 is 75.5 Å². The van der Waals surface area contributed by atoms with Crippen molar-refractivity contribution in [1.82, 2.24) is 0 Å². The average molecular weight is 232 g/mol. The van der Waals surface area contributed by atoms with E-state index in [2.05, 4.69) is 0 Å². The van der Waals surface area contributed by atoms with E-state index in [1.807, 2.05) is 0 Å². The first-order chi connectivity index (χ1) is 0. The fourth-order valence-corrected chi connectivity index (χ4v) is 0. The van der Waals surface area contributed by atoms with Crippen molar-refractivity contribution in [1.29, 1.82) is 0 Å². The second-order valence-corrected chi connectivity index (χ2v) is 0. The van der Waals surface area contributed by atoms with Gasteiger partial charge >= 0.3 is 92.8 Å². The van der Waals surface area contributed by atoms with Crippen molar-refractivity contribution < 1.29 is 51.7 Å². The predicted octanol–water partition coefficient (Wildman–Crippen LogP) is -4.24. The van der Waals surface area contributed by atoms with Gasteiger partial charge in [-0.25, -0.2) is 0 Å². The van der Waals surface area contributed by atoms with Gasteiger partial charge in [-0.15, -0.1) is 0 Å². The number of rotatable bonds is 0. The monoisotopic (exact) mass is 231 g/mol. The Balaban J connectivity index is 0. The van der Waals surface area contributed by atoms with Crippen molar-refractivity contribution in [2.45, 2.75) is 0 Å². The first kappa shape index (κ1) is 114. The van der Waals surface area contributed by atoms with Crippen LogP contribution in [0, 0.1) is 0 Å². The van der Waals surface area contributed by atoms with Crippen LogP contribution < -0.4 is 12.4 Å². The SMILES string of the molecule is [Ca+2].[Ca+2].[Cl-].[Cr+5].[O-2].[O-2].[O-2].[O-2]. The molecule has 0 aliphatic carbocycles. The Morgan fingerprint density at radius 2 is 0.500 bits per heavy atom. The largest absolute Gasteiger partial charge is 5.00 e. The normalized spacial score (nSPS) is 0. The molecule has 0 bridgehead atoms. The van der Waals surface area contributed by atoms with Crippen LogP contribution in [0.4, 0.5) is 0 Å². The topological polar surface area (TPSA) is 114 Å². The van der Waals surface area contributed by atoms with E-state index in [1.165, 1.54) is 0 Å². The molecular weight excluding hydrogens is 232 g/mol. The van der Waals surface area contributed by atoms with Gasteiger partial charge < -0.3 is 34.3 Å². The standard InChI is InChI=1S/2Ca.ClH.Cr.4O/h;;1H;;;;;/q2*+2;;+5;4*-2/p-1. The van der Waals surface area contributed by atoms with Crippen molar-refractivity contribution in [2.75, 3.05) is 0 Å². The first-order valence-corrected chi connectivity index (χ1v) is 0. The molecule has 0 spiro atoms. The minimum absolute atomic E-state index is 0. The molecule has 8 heavy (non-hydrogen) atoms. The molecule has 41 valence electrons. The zero-order valence-electron chi connectivity index (χ0n) is 3.83. The summed E-state index contributed by atoms with van der Waals surface area (Å²) >= 11 is 0. The van der Waals surface area contributed by atoms with Gasteiger partial charge in [0.05, 0.1) is 0 Å². The Bertz CT molecular complexity index is 14.0. The molecule has 0 heterocycles. The molecule has 1 radical (unpaired) electrons. The van der Waals surface area contributed by atoms with Gasteiger partial charge in [0.15, 0.2) is 0 Å². The maximum Gasteiger partial charge on any atom is 5.00 e. The van der Waals surface area contributed by atoms with E-state index in [1.54, 1.807) is 0 Å². The summed E-state index contributed by atoms with van der Waals surface area (Å²) in [5.74, 6) is 0. The summed E-state index contributed by atoms with van der Waals surface area (Å²) in [6.07, 6.45) is 0. The smallest absolute Gasteiger partial charge is 2.00 e. The summed E-state index contributed by atoms with van der Waals surface area (Å²) in [5.41, 5.74) is 0. The number of hydrogen-bond acceptors (Lipinski definition) is 0. The second-order valence-electron chi connectivity index (χ2n) is 0. The molecular formula is Ca2ClCrO4. The third kappa shape index (κ3) is 60.7. The fraction of sp³-hybridized carbons (Fsp3) is 0. The first-order valence-electron chi connectivity index (χ1n) is 0. The van der Waals surface area contributed by atoms with Crippen molar-refractivity contribution in [2.24, 2.45) is 0 Å². The molecule has 0 aliphatic heterocycles. The minimum Gasteiger partial charge on any atom is -2.00 e. The van der Waals surface area contributed by atoms with Gasteiger partial charge in [-0.1, -0.05) is 0 Å². The Hall–Kier alpha value is 3.18. The number of halogens is 1. The Morgan fingerprint density at radius 3 is 0.500 bits per heavy atom. The molecule has 0 aromatic carbocycles. The molecule has 0 unspecified atom stereocenters. The van der Waals surface area contributed by atoms with Crippen LogP contribution in [0.25, 0.3) is 0 Å². The molecule has 0 rings (SSSR count). The van der Waals surface area contributed by atoms with Crippen LogP contribution in [0.1, 0.15) is 0 Å². The van der Waals surface area contributed by atoms with E-state index in [0.717, 1.165) is 0 Å². The summed E-state index contributed by atoms with van der Waals surface area (Å²) in [6, 6.07) is 0. The molecule has 4 nitrogen and oxygen atoms in total. The molecule has 0 N–H and O–H groups in total. The number of hydrogen-bond donors (Lipinski definition) is 0. The van der Waals surface area contributed by atoms with E-state index in [4.69, 9.17) is 0 Å². The molecule has 0 amide bonds. The zero-order chi connectivity index (χ0) is 0. The van der Waals surface area contributed by atoms with Gasteiger partial charge in [0.2, 0.25) is 0 Å². The fourth-order valence-electron chi connectivity index (χ4n) is 0. The summed E-state index contributed by atoms with van der Waals surface area (Å²) in [5, 5.41) is 0. The van der Waals surface area contributed by atoms with Gasteiger partial charge in [-0.3, -0.25) is 0 Å². The van der Waals surface area contributed by atoms with Crippen LogP contribution >= 0.6 is 0 Å². The maximum atomic E-state index is 0. The molecule has 0 aromatic heterocycles. The Morgan fingerprint density at radius 1 is 0.500 bits per heavy atom. The molecule has 0 atom stereocenters. The third-order valence-electron chi connectivity index (χ3n) is 0. The van der Waals surface area contributed by atoms with Gasteiger partial charge in [0.25, 0.3) is 0 Å². The molecule has 0 saturated carbocycles. The molecule has 0 aromatic rings. The van der Waals surface area contributed by atoms with Gasteiger partial charge in [-0.05, 0) is 0 Å². The Labute approximate surface area is 125 Å². The van der Waals surface area contributed by atoms with Crippen LogP contribution in [0.3, 0.4) is 0 Å². The quantitative estimate of drug-likeness (QED) is 0.376. The average Bonchev–Trinajstić information content (AvgIpc) is 0. The van der Waals surface area contributed by atoms with Gasteiger partial charge in [0, 0.05) is 0 Å². The van der Waals surface area contributed by atoms with E-state index in [0.29, 0.717) is 0 Å². The molecule has 8 heteroatoms.